The molecular weight excluding hydrogens is 252 g/mol. The Bertz CT molecular complexity index is 569. The molecule has 0 aromatic carbocycles. The Morgan fingerprint density at radius 3 is 1.00 bits per heavy atom. The molecule has 0 aromatic rings. The highest BCUT2D eigenvalue weighted by Gasteiger charge is 2.39. The van der Waals surface area contributed by atoms with Gasteiger partial charge in [-0.3, -0.25) is 0 Å². The van der Waals surface area contributed by atoms with E-state index in [1.807, 2.05) is 0 Å². The summed E-state index contributed by atoms with van der Waals surface area (Å²) >= 11 is 0. The quantitative estimate of drug-likeness (QED) is 0.525. The standard InChI is InChI=1S/C21H32/c1-12-14(3)18(20(7,8)16(12)5)11-19-15(4)13(2)17(6)21(19,9)10/h11H2,1-10H3. The number of hydrogen-bond acceptors (Lipinski definition) is 0. The van der Waals surface area contributed by atoms with Crippen molar-refractivity contribution in [3.8, 4) is 0 Å². The first-order valence-corrected chi connectivity index (χ1v) is 8.21. The summed E-state index contributed by atoms with van der Waals surface area (Å²) in [5.74, 6) is 0. The van der Waals surface area contributed by atoms with Crippen molar-refractivity contribution in [3.63, 3.8) is 0 Å². The molecule has 0 spiro atoms. The van der Waals surface area contributed by atoms with Crippen molar-refractivity contribution in [2.75, 3.05) is 0 Å². The molecule has 0 radical (unpaired) electrons. The summed E-state index contributed by atoms with van der Waals surface area (Å²) in [4.78, 5) is 0. The molecule has 0 aliphatic heterocycles. The molecule has 0 nitrogen and oxygen atoms in total. The van der Waals surface area contributed by atoms with E-state index in [-0.39, 0.29) is 10.8 Å². The lowest BCUT2D eigenvalue weighted by molar-refractivity contribution is 0.491. The summed E-state index contributed by atoms with van der Waals surface area (Å²) in [5, 5.41) is 0. The Morgan fingerprint density at radius 2 is 0.810 bits per heavy atom. The predicted molar refractivity (Wildman–Crippen MR) is 94.3 cm³/mol. The average Bonchev–Trinajstić information content (AvgIpc) is 2.63. The molecule has 0 fully saturated rings. The molecule has 2 aliphatic carbocycles. The molecule has 0 heteroatoms. The summed E-state index contributed by atoms with van der Waals surface area (Å²) in [6.45, 7) is 23.4. The van der Waals surface area contributed by atoms with Crippen LogP contribution in [0.4, 0.5) is 0 Å². The third-order valence-corrected chi connectivity index (χ3v) is 6.89. The van der Waals surface area contributed by atoms with Gasteiger partial charge in [-0.2, -0.15) is 0 Å². The van der Waals surface area contributed by atoms with Gasteiger partial charge in [-0.25, -0.2) is 0 Å². The van der Waals surface area contributed by atoms with Crippen LogP contribution in [0.15, 0.2) is 44.6 Å². The molecular formula is C21H32. The maximum Gasteiger partial charge on any atom is 0.00761 e. The van der Waals surface area contributed by atoms with Gasteiger partial charge in [-0.1, -0.05) is 50.0 Å². The number of hydrogen-bond donors (Lipinski definition) is 0. The topological polar surface area (TPSA) is 0 Å². The fraction of sp³-hybridized carbons (Fsp3) is 0.619. The lowest BCUT2D eigenvalue weighted by Crippen LogP contribution is -2.19. The normalized spacial score (nSPS) is 24.9. The van der Waals surface area contributed by atoms with Gasteiger partial charge in [0.2, 0.25) is 0 Å². The minimum absolute atomic E-state index is 0.210. The fourth-order valence-electron chi connectivity index (χ4n) is 4.23. The van der Waals surface area contributed by atoms with Gasteiger partial charge in [-0.15, -0.1) is 0 Å². The Kier molecular flexibility index (Phi) is 3.68. The molecule has 0 aromatic heterocycles. The van der Waals surface area contributed by atoms with E-state index >= 15 is 0 Å². The molecule has 0 atom stereocenters. The van der Waals surface area contributed by atoms with Gasteiger partial charge in [0.1, 0.15) is 0 Å². The summed E-state index contributed by atoms with van der Waals surface area (Å²) in [6.07, 6.45) is 1.13. The molecule has 0 N–H and O–H groups in total. The van der Waals surface area contributed by atoms with Crippen LogP contribution in [0.5, 0.6) is 0 Å². The molecule has 2 rings (SSSR count). The maximum atomic E-state index is 2.39. The van der Waals surface area contributed by atoms with E-state index in [2.05, 4.69) is 69.2 Å². The van der Waals surface area contributed by atoms with E-state index < -0.39 is 0 Å². The molecule has 0 heterocycles. The first-order chi connectivity index (χ1) is 9.44. The highest BCUT2D eigenvalue weighted by Crippen LogP contribution is 2.54. The number of allylic oxidation sites excluding steroid dienone is 8. The molecule has 0 amide bonds. The second kappa shape index (κ2) is 4.73. The Labute approximate surface area is 131 Å². The van der Waals surface area contributed by atoms with Crippen LogP contribution in [0.25, 0.3) is 0 Å². The van der Waals surface area contributed by atoms with Crippen molar-refractivity contribution in [1.29, 1.82) is 0 Å². The Morgan fingerprint density at radius 1 is 0.524 bits per heavy atom. The van der Waals surface area contributed by atoms with Crippen LogP contribution in [-0.2, 0) is 0 Å². The zero-order valence-corrected chi connectivity index (χ0v) is 15.7. The van der Waals surface area contributed by atoms with Crippen molar-refractivity contribution in [2.45, 2.75) is 75.7 Å². The summed E-state index contributed by atoms with van der Waals surface area (Å²) in [7, 11) is 0. The van der Waals surface area contributed by atoms with Crippen LogP contribution < -0.4 is 0 Å². The Hall–Kier alpha value is -1.04. The van der Waals surface area contributed by atoms with Crippen LogP contribution in [0, 0.1) is 10.8 Å². The molecule has 0 bridgehead atoms. The van der Waals surface area contributed by atoms with Gasteiger partial charge in [0.25, 0.3) is 0 Å². The van der Waals surface area contributed by atoms with Crippen LogP contribution >= 0.6 is 0 Å². The smallest absolute Gasteiger partial charge is 0.00761 e. The lowest BCUT2D eigenvalue weighted by atomic mass is 9.72. The molecule has 2 aliphatic rings. The minimum atomic E-state index is 0.210. The monoisotopic (exact) mass is 284 g/mol. The zero-order valence-electron chi connectivity index (χ0n) is 15.7. The van der Waals surface area contributed by atoms with E-state index in [0.29, 0.717) is 0 Å². The van der Waals surface area contributed by atoms with Crippen LogP contribution in [0.2, 0.25) is 0 Å². The SMILES string of the molecule is CC1=C(C)C(C)(C)C(CC2=C(C)C(C)=C(C)C2(C)C)=C1C. The molecule has 116 valence electrons. The van der Waals surface area contributed by atoms with E-state index in [9.17, 15) is 0 Å². The van der Waals surface area contributed by atoms with Gasteiger partial charge in [-0.05, 0) is 70.3 Å². The van der Waals surface area contributed by atoms with E-state index in [1.165, 1.54) is 22.3 Å². The second-order valence-electron chi connectivity index (χ2n) is 8.13. The largest absolute Gasteiger partial charge is 0.0604 e. The summed E-state index contributed by atoms with van der Waals surface area (Å²) in [5.41, 5.74) is 12.8. The van der Waals surface area contributed by atoms with Crippen LogP contribution in [-0.4, -0.2) is 0 Å². The van der Waals surface area contributed by atoms with Crippen molar-refractivity contribution >= 4 is 0 Å². The van der Waals surface area contributed by atoms with Gasteiger partial charge < -0.3 is 0 Å². The van der Waals surface area contributed by atoms with Crippen molar-refractivity contribution in [2.24, 2.45) is 10.8 Å². The van der Waals surface area contributed by atoms with E-state index in [1.54, 1.807) is 22.3 Å². The van der Waals surface area contributed by atoms with Crippen molar-refractivity contribution in [3.05, 3.63) is 44.6 Å². The third kappa shape index (κ3) is 2.10. The Balaban J connectivity index is 2.47. The highest BCUT2D eigenvalue weighted by atomic mass is 14.4. The summed E-state index contributed by atoms with van der Waals surface area (Å²) in [6, 6.07) is 0. The van der Waals surface area contributed by atoms with Crippen LogP contribution in [0.3, 0.4) is 0 Å². The van der Waals surface area contributed by atoms with Gasteiger partial charge >= 0.3 is 0 Å². The minimum Gasteiger partial charge on any atom is -0.0604 e. The van der Waals surface area contributed by atoms with Crippen LogP contribution in [0.1, 0.15) is 75.7 Å². The first-order valence-electron chi connectivity index (χ1n) is 8.21. The average molecular weight is 284 g/mol. The number of rotatable bonds is 2. The fourth-order valence-corrected chi connectivity index (χ4v) is 4.23. The van der Waals surface area contributed by atoms with Crippen molar-refractivity contribution in [1.82, 2.24) is 0 Å². The predicted octanol–water partition coefficient (Wildman–Crippen LogP) is 6.76. The molecule has 0 saturated carbocycles. The third-order valence-electron chi connectivity index (χ3n) is 6.89. The molecule has 0 unspecified atom stereocenters. The highest BCUT2D eigenvalue weighted by molar-refractivity contribution is 5.56. The lowest BCUT2D eigenvalue weighted by Gasteiger charge is -2.32. The van der Waals surface area contributed by atoms with Gasteiger partial charge in [0.15, 0.2) is 0 Å². The first kappa shape index (κ1) is 16.3. The molecule has 0 saturated heterocycles. The molecule has 21 heavy (non-hydrogen) atoms. The second-order valence-corrected chi connectivity index (χ2v) is 8.13. The van der Waals surface area contributed by atoms with Gasteiger partial charge in [0, 0.05) is 10.8 Å². The van der Waals surface area contributed by atoms with Gasteiger partial charge in [0.05, 0.1) is 0 Å². The van der Waals surface area contributed by atoms with E-state index in [4.69, 9.17) is 0 Å². The van der Waals surface area contributed by atoms with Crippen molar-refractivity contribution < 1.29 is 0 Å². The summed E-state index contributed by atoms with van der Waals surface area (Å²) < 4.78 is 0. The van der Waals surface area contributed by atoms with E-state index in [0.717, 1.165) is 6.42 Å². The maximum absolute atomic E-state index is 2.39. The zero-order chi connectivity index (χ0) is 16.3.